The standard InChI is InChI=1S/C20H22N8S2/c1-26-5-7-28(8-6-26)18-10-17(23-19-11-21-12-30-19)24-20(25-18)27(2)14-3-4-15-16(9-14)29-13-22-15/h3-4,9-13H,5-8H2,1-2H3,(H,23,24,25). The van der Waals surface area contributed by atoms with Gasteiger partial charge >= 0.3 is 0 Å². The van der Waals surface area contributed by atoms with E-state index in [0.29, 0.717) is 5.95 Å². The zero-order valence-electron chi connectivity index (χ0n) is 16.8. The Balaban J connectivity index is 1.50. The molecule has 1 aliphatic heterocycles. The minimum absolute atomic E-state index is 0.655. The molecule has 4 heterocycles. The van der Waals surface area contributed by atoms with Crippen LogP contribution < -0.4 is 15.1 Å². The summed E-state index contributed by atoms with van der Waals surface area (Å²) < 4.78 is 1.15. The second kappa shape index (κ2) is 8.13. The molecule has 5 rings (SSSR count). The predicted octanol–water partition coefficient (Wildman–Crippen LogP) is 3.81. The third-order valence-corrected chi connectivity index (χ3v) is 6.69. The van der Waals surface area contributed by atoms with E-state index in [9.17, 15) is 0 Å². The molecule has 30 heavy (non-hydrogen) atoms. The second-order valence-corrected chi connectivity index (χ2v) is 9.03. The number of likely N-dealkylation sites (N-methyl/N-ethyl adjacent to an activating group) is 1. The summed E-state index contributed by atoms with van der Waals surface area (Å²) in [7, 11) is 4.16. The molecule has 1 aromatic carbocycles. The van der Waals surface area contributed by atoms with Crippen molar-refractivity contribution in [2.24, 2.45) is 0 Å². The fourth-order valence-electron chi connectivity index (χ4n) is 3.41. The Labute approximate surface area is 182 Å². The Morgan fingerprint density at radius 1 is 1.03 bits per heavy atom. The zero-order chi connectivity index (χ0) is 20.5. The van der Waals surface area contributed by atoms with Crippen molar-refractivity contribution in [3.05, 3.63) is 41.5 Å². The van der Waals surface area contributed by atoms with Crippen LogP contribution in [0, 0.1) is 0 Å². The van der Waals surface area contributed by atoms with E-state index in [-0.39, 0.29) is 0 Å². The molecule has 0 aliphatic carbocycles. The molecular weight excluding hydrogens is 416 g/mol. The van der Waals surface area contributed by atoms with Gasteiger partial charge in [-0.1, -0.05) is 0 Å². The molecule has 0 unspecified atom stereocenters. The Morgan fingerprint density at radius 2 is 1.90 bits per heavy atom. The Bertz CT molecular complexity index is 1130. The fourth-order valence-corrected chi connectivity index (χ4v) is 4.64. The lowest BCUT2D eigenvalue weighted by Gasteiger charge is -2.33. The molecule has 1 saturated heterocycles. The van der Waals surface area contributed by atoms with Crippen LogP contribution in [-0.2, 0) is 0 Å². The molecule has 1 fully saturated rings. The molecule has 0 spiro atoms. The van der Waals surface area contributed by atoms with Gasteiger partial charge in [0.05, 0.1) is 27.4 Å². The second-order valence-electron chi connectivity index (χ2n) is 7.26. The highest BCUT2D eigenvalue weighted by molar-refractivity contribution is 7.16. The number of rotatable bonds is 5. The van der Waals surface area contributed by atoms with Crippen LogP contribution in [0.1, 0.15) is 0 Å². The average Bonchev–Trinajstić information content (AvgIpc) is 3.44. The SMILES string of the molecule is CN1CCN(c2cc(Nc3cncs3)nc(N(C)c3ccc4ncsc4c3)n2)CC1. The van der Waals surface area contributed by atoms with Crippen LogP contribution in [0.5, 0.6) is 0 Å². The van der Waals surface area contributed by atoms with Crippen molar-refractivity contribution >= 4 is 61.2 Å². The van der Waals surface area contributed by atoms with Crippen LogP contribution in [0.3, 0.4) is 0 Å². The molecule has 0 radical (unpaired) electrons. The van der Waals surface area contributed by atoms with Crippen molar-refractivity contribution in [1.82, 2.24) is 24.8 Å². The van der Waals surface area contributed by atoms with E-state index in [0.717, 1.165) is 58.7 Å². The van der Waals surface area contributed by atoms with Crippen molar-refractivity contribution in [3.8, 4) is 0 Å². The molecule has 1 aliphatic rings. The van der Waals surface area contributed by atoms with Crippen LogP contribution in [0.2, 0.25) is 0 Å². The molecule has 3 aromatic heterocycles. The van der Waals surface area contributed by atoms with E-state index in [1.165, 1.54) is 0 Å². The van der Waals surface area contributed by atoms with Gasteiger partial charge in [0.1, 0.15) is 16.6 Å². The monoisotopic (exact) mass is 438 g/mol. The van der Waals surface area contributed by atoms with Crippen molar-refractivity contribution in [2.45, 2.75) is 0 Å². The van der Waals surface area contributed by atoms with Gasteiger partial charge < -0.3 is 20.0 Å². The van der Waals surface area contributed by atoms with Crippen LogP contribution in [0.25, 0.3) is 10.2 Å². The summed E-state index contributed by atoms with van der Waals surface area (Å²) >= 11 is 3.19. The highest BCUT2D eigenvalue weighted by Crippen LogP contribution is 2.30. The van der Waals surface area contributed by atoms with Crippen LogP contribution >= 0.6 is 22.7 Å². The number of hydrogen-bond donors (Lipinski definition) is 1. The van der Waals surface area contributed by atoms with Gasteiger partial charge in [-0.3, -0.25) is 4.98 Å². The summed E-state index contributed by atoms with van der Waals surface area (Å²) in [5.41, 5.74) is 5.72. The maximum atomic E-state index is 4.91. The van der Waals surface area contributed by atoms with Gasteiger partial charge in [0.25, 0.3) is 0 Å². The fraction of sp³-hybridized carbons (Fsp3) is 0.300. The van der Waals surface area contributed by atoms with E-state index in [2.05, 4.69) is 44.3 Å². The third kappa shape index (κ3) is 3.93. The molecule has 0 amide bonds. The molecule has 0 saturated carbocycles. The first-order valence-corrected chi connectivity index (χ1v) is 11.5. The van der Waals surface area contributed by atoms with Crippen molar-refractivity contribution in [2.75, 3.05) is 55.4 Å². The van der Waals surface area contributed by atoms with Gasteiger partial charge in [0.15, 0.2) is 0 Å². The number of piperazine rings is 1. The number of thiazole rings is 2. The number of fused-ring (bicyclic) bond motifs is 1. The molecule has 0 bridgehead atoms. The van der Waals surface area contributed by atoms with E-state index >= 15 is 0 Å². The first-order chi connectivity index (χ1) is 14.7. The van der Waals surface area contributed by atoms with Gasteiger partial charge in [-0.2, -0.15) is 9.97 Å². The average molecular weight is 439 g/mol. The Morgan fingerprint density at radius 3 is 2.70 bits per heavy atom. The zero-order valence-corrected chi connectivity index (χ0v) is 18.4. The number of anilines is 5. The van der Waals surface area contributed by atoms with Crippen LogP contribution in [-0.4, -0.2) is 65.1 Å². The lowest BCUT2D eigenvalue weighted by molar-refractivity contribution is 0.312. The van der Waals surface area contributed by atoms with Gasteiger partial charge in [-0.05, 0) is 25.2 Å². The lowest BCUT2D eigenvalue weighted by atomic mass is 10.3. The van der Waals surface area contributed by atoms with E-state index in [1.807, 2.05) is 41.3 Å². The minimum Gasteiger partial charge on any atom is -0.354 e. The number of aromatic nitrogens is 4. The van der Waals surface area contributed by atoms with Crippen molar-refractivity contribution < 1.29 is 0 Å². The number of nitrogens with zero attached hydrogens (tertiary/aromatic N) is 7. The third-order valence-electron chi connectivity index (χ3n) is 5.21. The summed E-state index contributed by atoms with van der Waals surface area (Å²) in [6, 6.07) is 8.26. The summed E-state index contributed by atoms with van der Waals surface area (Å²) in [6.07, 6.45) is 1.81. The van der Waals surface area contributed by atoms with Crippen molar-refractivity contribution in [1.29, 1.82) is 0 Å². The largest absolute Gasteiger partial charge is 0.354 e. The Kier molecular flexibility index (Phi) is 5.19. The molecule has 10 heteroatoms. The van der Waals surface area contributed by atoms with Crippen LogP contribution in [0.4, 0.5) is 28.3 Å². The highest BCUT2D eigenvalue weighted by Gasteiger charge is 2.19. The normalized spacial score (nSPS) is 14.9. The predicted molar refractivity (Wildman–Crippen MR) is 125 cm³/mol. The summed E-state index contributed by atoms with van der Waals surface area (Å²) in [5.74, 6) is 2.36. The number of nitrogens with one attached hydrogen (secondary N) is 1. The summed E-state index contributed by atoms with van der Waals surface area (Å²) in [5, 5.41) is 4.33. The Hall–Kier alpha value is -2.82. The van der Waals surface area contributed by atoms with E-state index in [4.69, 9.17) is 9.97 Å². The maximum absolute atomic E-state index is 4.91. The quantitative estimate of drug-likeness (QED) is 0.504. The van der Waals surface area contributed by atoms with Gasteiger partial charge in [-0.15, -0.1) is 22.7 Å². The molecular formula is C20H22N8S2. The van der Waals surface area contributed by atoms with E-state index < -0.39 is 0 Å². The van der Waals surface area contributed by atoms with Crippen LogP contribution in [0.15, 0.2) is 41.5 Å². The maximum Gasteiger partial charge on any atom is 0.233 e. The summed E-state index contributed by atoms with van der Waals surface area (Å²) in [4.78, 5) is 24.9. The number of benzene rings is 1. The van der Waals surface area contributed by atoms with Gasteiger partial charge in [-0.25, -0.2) is 4.98 Å². The smallest absolute Gasteiger partial charge is 0.233 e. The minimum atomic E-state index is 0.655. The molecule has 154 valence electrons. The molecule has 4 aromatic rings. The van der Waals surface area contributed by atoms with Gasteiger partial charge in [0, 0.05) is 45.0 Å². The molecule has 1 N–H and O–H groups in total. The first kappa shape index (κ1) is 19.2. The van der Waals surface area contributed by atoms with Gasteiger partial charge in [0.2, 0.25) is 5.95 Å². The topological polar surface area (TPSA) is 73.3 Å². The highest BCUT2D eigenvalue weighted by atomic mass is 32.1. The molecule has 0 atom stereocenters. The van der Waals surface area contributed by atoms with E-state index in [1.54, 1.807) is 22.7 Å². The first-order valence-electron chi connectivity index (χ1n) is 9.71. The lowest BCUT2D eigenvalue weighted by Crippen LogP contribution is -2.45. The molecule has 8 nitrogen and oxygen atoms in total. The van der Waals surface area contributed by atoms with Crippen molar-refractivity contribution in [3.63, 3.8) is 0 Å². The summed E-state index contributed by atoms with van der Waals surface area (Å²) in [6.45, 7) is 3.94. The number of hydrogen-bond acceptors (Lipinski definition) is 10.